The number of nitrogens with zero attached hydrogens (tertiary/aromatic N) is 1. The first kappa shape index (κ1) is 19.6. The van der Waals surface area contributed by atoms with E-state index in [4.69, 9.17) is 21.5 Å². The average Bonchev–Trinajstić information content (AvgIpc) is 3.46. The maximum atomic E-state index is 11.9. The van der Waals surface area contributed by atoms with Crippen LogP contribution in [-0.2, 0) is 23.1 Å². The van der Waals surface area contributed by atoms with Crippen LogP contribution in [0.5, 0.6) is 5.75 Å². The average molecular weight is 421 g/mol. The monoisotopic (exact) mass is 420 g/mol. The molecule has 1 aliphatic carbocycles. The van der Waals surface area contributed by atoms with Crippen molar-refractivity contribution in [1.82, 2.24) is 0 Å². The summed E-state index contributed by atoms with van der Waals surface area (Å²) >= 11 is 6.19. The molecule has 0 radical (unpaired) electrons. The molecule has 2 aliphatic rings. The number of hydrogen-bond acceptors (Lipinski definition) is 4. The van der Waals surface area contributed by atoms with Crippen LogP contribution in [0.3, 0.4) is 0 Å². The number of hydrogen-bond donors (Lipinski definition) is 1. The van der Waals surface area contributed by atoms with Crippen LogP contribution in [0, 0.1) is 5.92 Å². The lowest BCUT2D eigenvalue weighted by Crippen LogP contribution is -2.28. The van der Waals surface area contributed by atoms with Gasteiger partial charge in [-0.1, -0.05) is 17.7 Å². The first-order chi connectivity index (χ1) is 13.4. The highest BCUT2D eigenvalue weighted by Crippen LogP contribution is 2.37. The van der Waals surface area contributed by atoms with Crippen molar-refractivity contribution in [2.45, 2.75) is 43.6 Å². The zero-order chi connectivity index (χ0) is 19.7. The topological polar surface area (TPSA) is 72.6 Å². The van der Waals surface area contributed by atoms with E-state index in [1.807, 2.05) is 18.2 Å². The van der Waals surface area contributed by atoms with E-state index < -0.39 is 10.0 Å². The Kier molecular flexibility index (Phi) is 5.54. The van der Waals surface area contributed by atoms with E-state index in [1.165, 1.54) is 24.5 Å². The SMILES string of the molecule is NS(=O)(=O)c1ccc2c(c1)N(CC1CC1)CCCCc1cc(Cl)ccc1CO2. The summed E-state index contributed by atoms with van der Waals surface area (Å²) in [6.45, 7) is 2.20. The number of halogens is 1. The Balaban J connectivity index is 1.72. The molecule has 0 saturated heterocycles. The third-order valence-electron chi connectivity index (χ3n) is 5.45. The van der Waals surface area contributed by atoms with E-state index >= 15 is 0 Å². The van der Waals surface area contributed by atoms with Gasteiger partial charge >= 0.3 is 0 Å². The first-order valence-corrected chi connectivity index (χ1v) is 11.6. The van der Waals surface area contributed by atoms with Gasteiger partial charge in [-0.15, -0.1) is 0 Å². The minimum absolute atomic E-state index is 0.123. The van der Waals surface area contributed by atoms with Gasteiger partial charge in [-0.2, -0.15) is 0 Å². The minimum atomic E-state index is -3.77. The van der Waals surface area contributed by atoms with Crippen molar-refractivity contribution in [2.24, 2.45) is 11.1 Å². The lowest BCUT2D eigenvalue weighted by molar-refractivity contribution is 0.305. The summed E-state index contributed by atoms with van der Waals surface area (Å²) < 4.78 is 30.0. The second kappa shape index (κ2) is 7.93. The Morgan fingerprint density at radius 3 is 2.68 bits per heavy atom. The molecule has 1 heterocycles. The Morgan fingerprint density at radius 2 is 1.93 bits per heavy atom. The molecule has 2 N–H and O–H groups in total. The molecule has 0 atom stereocenters. The molecule has 4 rings (SSSR count). The molecular weight excluding hydrogens is 396 g/mol. The van der Waals surface area contributed by atoms with Gasteiger partial charge in [-0.3, -0.25) is 0 Å². The molecule has 5 nitrogen and oxygen atoms in total. The van der Waals surface area contributed by atoms with Gasteiger partial charge in [0.05, 0.1) is 10.6 Å². The molecule has 7 heteroatoms. The van der Waals surface area contributed by atoms with E-state index in [-0.39, 0.29) is 4.90 Å². The van der Waals surface area contributed by atoms with E-state index in [2.05, 4.69) is 4.90 Å². The predicted octanol–water partition coefficient (Wildman–Crippen LogP) is 4.12. The van der Waals surface area contributed by atoms with Crippen LogP contribution in [0.15, 0.2) is 41.3 Å². The molecular formula is C21H25ClN2O3S. The summed E-state index contributed by atoms with van der Waals surface area (Å²) in [5.41, 5.74) is 3.14. The van der Waals surface area contributed by atoms with Crippen molar-refractivity contribution in [3.8, 4) is 5.75 Å². The van der Waals surface area contributed by atoms with Gasteiger partial charge in [0.1, 0.15) is 12.4 Å². The Hall–Kier alpha value is -1.76. The van der Waals surface area contributed by atoms with Crippen LogP contribution in [0.1, 0.15) is 36.8 Å². The van der Waals surface area contributed by atoms with E-state index in [0.29, 0.717) is 18.3 Å². The molecule has 28 heavy (non-hydrogen) atoms. The molecule has 1 fully saturated rings. The standard InChI is InChI=1S/C21H25ClN2O3S/c22-18-7-6-17-14-27-21-9-8-19(28(23,25)26)12-20(21)24(13-15-4-5-15)10-2-1-3-16(17)11-18/h6-9,11-12,15H,1-5,10,13-14H2,(H2,23,25,26). The van der Waals surface area contributed by atoms with Gasteiger partial charge in [0.2, 0.25) is 10.0 Å². The van der Waals surface area contributed by atoms with Crippen LogP contribution in [0.4, 0.5) is 5.69 Å². The number of rotatable bonds is 3. The van der Waals surface area contributed by atoms with Crippen LogP contribution in [-0.4, -0.2) is 21.5 Å². The van der Waals surface area contributed by atoms with Crippen molar-refractivity contribution in [1.29, 1.82) is 0 Å². The van der Waals surface area contributed by atoms with Crippen LogP contribution >= 0.6 is 11.6 Å². The molecule has 1 aliphatic heterocycles. The van der Waals surface area contributed by atoms with Crippen molar-refractivity contribution < 1.29 is 13.2 Å². The largest absolute Gasteiger partial charge is 0.487 e. The quantitative estimate of drug-likeness (QED) is 0.810. The van der Waals surface area contributed by atoms with Crippen molar-refractivity contribution >= 4 is 27.3 Å². The summed E-state index contributed by atoms with van der Waals surface area (Å²) in [5, 5.41) is 6.12. The molecule has 0 aromatic heterocycles. The summed E-state index contributed by atoms with van der Waals surface area (Å²) in [4.78, 5) is 2.39. The van der Waals surface area contributed by atoms with Crippen LogP contribution in [0.2, 0.25) is 5.02 Å². The van der Waals surface area contributed by atoms with Crippen molar-refractivity contribution in [3.05, 3.63) is 52.5 Å². The highest BCUT2D eigenvalue weighted by Gasteiger charge is 2.27. The fourth-order valence-corrected chi connectivity index (χ4v) is 4.44. The van der Waals surface area contributed by atoms with Crippen LogP contribution < -0.4 is 14.8 Å². The van der Waals surface area contributed by atoms with Gasteiger partial charge in [-0.05, 0) is 79.5 Å². The second-order valence-corrected chi connectivity index (χ2v) is 9.72. The molecule has 2 aromatic rings. The smallest absolute Gasteiger partial charge is 0.238 e. The predicted molar refractivity (Wildman–Crippen MR) is 111 cm³/mol. The third kappa shape index (κ3) is 4.62. The number of sulfonamides is 1. The van der Waals surface area contributed by atoms with Gasteiger partial charge in [0.15, 0.2) is 0 Å². The first-order valence-electron chi connectivity index (χ1n) is 9.72. The normalized spacial score (nSPS) is 17.9. The zero-order valence-electron chi connectivity index (χ0n) is 15.7. The lowest BCUT2D eigenvalue weighted by atomic mass is 10.0. The summed E-state index contributed by atoms with van der Waals surface area (Å²) in [5.74, 6) is 1.36. The number of fused-ring (bicyclic) bond motifs is 2. The van der Waals surface area contributed by atoms with Gasteiger partial charge < -0.3 is 9.64 Å². The number of primary sulfonamides is 1. The van der Waals surface area contributed by atoms with Gasteiger partial charge in [0, 0.05) is 18.1 Å². The van der Waals surface area contributed by atoms with E-state index in [9.17, 15) is 8.42 Å². The fraction of sp³-hybridized carbons (Fsp3) is 0.429. The van der Waals surface area contributed by atoms with Crippen LogP contribution in [0.25, 0.3) is 0 Å². The lowest BCUT2D eigenvalue weighted by Gasteiger charge is -2.27. The highest BCUT2D eigenvalue weighted by molar-refractivity contribution is 7.89. The minimum Gasteiger partial charge on any atom is -0.487 e. The number of ether oxygens (including phenoxy) is 1. The molecule has 0 amide bonds. The highest BCUT2D eigenvalue weighted by atomic mass is 35.5. The second-order valence-electron chi connectivity index (χ2n) is 7.72. The summed E-state index contributed by atoms with van der Waals surface area (Å²) in [7, 11) is -3.77. The Bertz CT molecular complexity index is 974. The van der Waals surface area contributed by atoms with E-state index in [1.54, 1.807) is 12.1 Å². The molecule has 0 bridgehead atoms. The Morgan fingerprint density at radius 1 is 1.11 bits per heavy atom. The molecule has 0 spiro atoms. The number of benzene rings is 2. The molecule has 0 unspecified atom stereocenters. The van der Waals surface area contributed by atoms with Crippen molar-refractivity contribution in [3.63, 3.8) is 0 Å². The molecule has 1 saturated carbocycles. The van der Waals surface area contributed by atoms with Crippen molar-refractivity contribution in [2.75, 3.05) is 18.0 Å². The molecule has 150 valence electrons. The number of aryl methyl sites for hydroxylation is 1. The Labute approximate surface area is 171 Å². The maximum Gasteiger partial charge on any atom is 0.238 e. The zero-order valence-corrected chi connectivity index (χ0v) is 17.3. The van der Waals surface area contributed by atoms with Gasteiger partial charge in [-0.25, -0.2) is 13.6 Å². The maximum absolute atomic E-state index is 11.9. The fourth-order valence-electron chi connectivity index (χ4n) is 3.71. The van der Waals surface area contributed by atoms with Gasteiger partial charge in [0.25, 0.3) is 0 Å². The number of anilines is 1. The third-order valence-corrected chi connectivity index (χ3v) is 6.60. The molecule has 2 aromatic carbocycles. The number of nitrogens with two attached hydrogens (primary N) is 1. The van der Waals surface area contributed by atoms with E-state index in [0.717, 1.165) is 48.6 Å². The summed E-state index contributed by atoms with van der Waals surface area (Å²) in [6.07, 6.45) is 5.46. The summed E-state index contributed by atoms with van der Waals surface area (Å²) in [6, 6.07) is 10.8.